The van der Waals surface area contributed by atoms with E-state index in [2.05, 4.69) is 22.9 Å². The SMILES string of the molecule is CCc1ccc(C(=O)c2cc(F)ccc2Br)cc1. The molecule has 0 unspecified atom stereocenters. The monoisotopic (exact) mass is 306 g/mol. The summed E-state index contributed by atoms with van der Waals surface area (Å²) in [6.45, 7) is 2.06. The van der Waals surface area contributed by atoms with E-state index in [9.17, 15) is 9.18 Å². The first-order chi connectivity index (χ1) is 8.61. The molecule has 0 saturated carbocycles. The number of carbonyl (C=O) groups excluding carboxylic acids is 1. The molecule has 1 nitrogen and oxygen atoms in total. The summed E-state index contributed by atoms with van der Waals surface area (Å²) < 4.78 is 13.8. The molecule has 0 amide bonds. The van der Waals surface area contributed by atoms with Crippen molar-refractivity contribution in [1.29, 1.82) is 0 Å². The van der Waals surface area contributed by atoms with E-state index in [0.717, 1.165) is 6.42 Å². The molecule has 92 valence electrons. The average molecular weight is 307 g/mol. The highest BCUT2D eigenvalue weighted by Gasteiger charge is 2.13. The summed E-state index contributed by atoms with van der Waals surface area (Å²) in [4.78, 5) is 12.2. The molecule has 0 aromatic heterocycles. The first kappa shape index (κ1) is 13.0. The van der Waals surface area contributed by atoms with E-state index >= 15 is 0 Å². The number of hydrogen-bond donors (Lipinski definition) is 0. The number of benzene rings is 2. The van der Waals surface area contributed by atoms with Crippen LogP contribution in [0.25, 0.3) is 0 Å². The second-order valence-corrected chi connectivity index (χ2v) is 4.86. The van der Waals surface area contributed by atoms with Crippen LogP contribution in [0.3, 0.4) is 0 Å². The molecule has 0 heterocycles. The van der Waals surface area contributed by atoms with Crippen molar-refractivity contribution in [2.24, 2.45) is 0 Å². The smallest absolute Gasteiger partial charge is 0.194 e. The Morgan fingerprint density at radius 2 is 1.83 bits per heavy atom. The lowest BCUT2D eigenvalue weighted by Crippen LogP contribution is -2.03. The standard InChI is InChI=1S/C15H12BrFO/c1-2-10-3-5-11(6-4-10)15(18)13-9-12(17)7-8-14(13)16/h3-9H,2H2,1H3. The van der Waals surface area contributed by atoms with Gasteiger partial charge in [0.15, 0.2) is 5.78 Å². The third kappa shape index (κ3) is 2.67. The predicted octanol–water partition coefficient (Wildman–Crippen LogP) is 4.38. The third-order valence-corrected chi connectivity index (χ3v) is 3.49. The van der Waals surface area contributed by atoms with Crippen molar-refractivity contribution in [3.8, 4) is 0 Å². The molecule has 0 aliphatic rings. The molecule has 0 bridgehead atoms. The summed E-state index contributed by atoms with van der Waals surface area (Å²) in [6, 6.07) is 11.5. The second-order valence-electron chi connectivity index (χ2n) is 4.00. The van der Waals surface area contributed by atoms with Gasteiger partial charge in [-0.05, 0) is 30.2 Å². The fourth-order valence-electron chi connectivity index (χ4n) is 1.72. The van der Waals surface area contributed by atoms with Crippen LogP contribution in [0.15, 0.2) is 46.9 Å². The van der Waals surface area contributed by atoms with Crippen molar-refractivity contribution in [3.05, 3.63) is 69.4 Å². The van der Waals surface area contributed by atoms with Crippen LogP contribution in [0.2, 0.25) is 0 Å². The van der Waals surface area contributed by atoms with Gasteiger partial charge in [0.05, 0.1) is 0 Å². The van der Waals surface area contributed by atoms with Gasteiger partial charge in [0, 0.05) is 15.6 Å². The quantitative estimate of drug-likeness (QED) is 0.769. The van der Waals surface area contributed by atoms with Crippen molar-refractivity contribution in [2.45, 2.75) is 13.3 Å². The van der Waals surface area contributed by atoms with E-state index < -0.39 is 5.82 Å². The van der Waals surface area contributed by atoms with Gasteiger partial charge in [0.1, 0.15) is 5.82 Å². The largest absolute Gasteiger partial charge is 0.289 e. The van der Waals surface area contributed by atoms with Crippen LogP contribution in [0, 0.1) is 5.82 Å². The number of rotatable bonds is 3. The predicted molar refractivity (Wildman–Crippen MR) is 73.4 cm³/mol. The van der Waals surface area contributed by atoms with Gasteiger partial charge in [-0.15, -0.1) is 0 Å². The number of ketones is 1. The van der Waals surface area contributed by atoms with Crippen LogP contribution >= 0.6 is 15.9 Å². The molecule has 2 aromatic carbocycles. The molecule has 2 aromatic rings. The van der Waals surface area contributed by atoms with Gasteiger partial charge < -0.3 is 0 Å². The highest BCUT2D eigenvalue weighted by atomic mass is 79.9. The highest BCUT2D eigenvalue weighted by Crippen LogP contribution is 2.21. The topological polar surface area (TPSA) is 17.1 Å². The maximum absolute atomic E-state index is 13.2. The van der Waals surface area contributed by atoms with Gasteiger partial charge in [-0.2, -0.15) is 0 Å². The molecule has 0 saturated heterocycles. The van der Waals surface area contributed by atoms with Crippen molar-refractivity contribution in [3.63, 3.8) is 0 Å². The lowest BCUT2D eigenvalue weighted by Gasteiger charge is -2.05. The normalized spacial score (nSPS) is 10.4. The van der Waals surface area contributed by atoms with Crippen LogP contribution in [0.5, 0.6) is 0 Å². The Kier molecular flexibility index (Phi) is 3.92. The molecule has 0 atom stereocenters. The molecule has 0 aliphatic carbocycles. The van der Waals surface area contributed by atoms with Crippen molar-refractivity contribution in [1.82, 2.24) is 0 Å². The molecule has 0 fully saturated rings. The number of carbonyl (C=O) groups is 1. The Bertz CT molecular complexity index is 576. The van der Waals surface area contributed by atoms with Gasteiger partial charge in [0.2, 0.25) is 0 Å². The molecular formula is C15H12BrFO. The maximum atomic E-state index is 13.2. The van der Waals surface area contributed by atoms with E-state index in [0.29, 0.717) is 15.6 Å². The molecule has 0 N–H and O–H groups in total. The Morgan fingerprint density at radius 1 is 1.17 bits per heavy atom. The molecular weight excluding hydrogens is 295 g/mol. The van der Waals surface area contributed by atoms with Gasteiger partial charge in [-0.1, -0.05) is 47.1 Å². The van der Waals surface area contributed by atoms with Crippen molar-refractivity contribution >= 4 is 21.7 Å². The zero-order valence-electron chi connectivity index (χ0n) is 9.91. The van der Waals surface area contributed by atoms with Crippen LogP contribution in [0.1, 0.15) is 28.4 Å². The lowest BCUT2D eigenvalue weighted by molar-refractivity contribution is 0.103. The number of halogens is 2. The fraction of sp³-hybridized carbons (Fsp3) is 0.133. The average Bonchev–Trinajstić information content (AvgIpc) is 2.41. The number of hydrogen-bond acceptors (Lipinski definition) is 1. The minimum Gasteiger partial charge on any atom is -0.289 e. The summed E-state index contributed by atoms with van der Waals surface area (Å²) in [5.74, 6) is -0.587. The summed E-state index contributed by atoms with van der Waals surface area (Å²) >= 11 is 3.27. The Labute approximate surface area is 114 Å². The molecule has 18 heavy (non-hydrogen) atoms. The third-order valence-electron chi connectivity index (χ3n) is 2.80. The van der Waals surface area contributed by atoms with Crippen molar-refractivity contribution in [2.75, 3.05) is 0 Å². The van der Waals surface area contributed by atoms with E-state index in [1.54, 1.807) is 18.2 Å². The zero-order chi connectivity index (χ0) is 13.1. The highest BCUT2D eigenvalue weighted by molar-refractivity contribution is 9.10. The summed E-state index contributed by atoms with van der Waals surface area (Å²) in [6.07, 6.45) is 0.929. The van der Waals surface area contributed by atoms with E-state index in [-0.39, 0.29) is 5.78 Å². The van der Waals surface area contributed by atoms with E-state index in [4.69, 9.17) is 0 Å². The van der Waals surface area contributed by atoms with Crippen LogP contribution in [-0.4, -0.2) is 5.78 Å². The Morgan fingerprint density at radius 3 is 2.44 bits per heavy atom. The Balaban J connectivity index is 2.38. The van der Waals surface area contributed by atoms with Gasteiger partial charge >= 0.3 is 0 Å². The van der Waals surface area contributed by atoms with E-state index in [1.165, 1.54) is 17.7 Å². The molecule has 0 aliphatic heterocycles. The zero-order valence-corrected chi connectivity index (χ0v) is 11.5. The number of aryl methyl sites for hydroxylation is 1. The lowest BCUT2D eigenvalue weighted by atomic mass is 10.0. The molecule has 2 rings (SSSR count). The maximum Gasteiger partial charge on any atom is 0.194 e. The summed E-state index contributed by atoms with van der Waals surface area (Å²) in [5, 5.41) is 0. The minimum absolute atomic E-state index is 0.177. The molecule has 3 heteroatoms. The second kappa shape index (κ2) is 5.44. The first-order valence-electron chi connectivity index (χ1n) is 5.70. The fourth-order valence-corrected chi connectivity index (χ4v) is 2.15. The Hall–Kier alpha value is -1.48. The van der Waals surface area contributed by atoms with Gasteiger partial charge in [-0.25, -0.2) is 4.39 Å². The van der Waals surface area contributed by atoms with Crippen LogP contribution < -0.4 is 0 Å². The first-order valence-corrected chi connectivity index (χ1v) is 6.50. The van der Waals surface area contributed by atoms with Gasteiger partial charge in [0.25, 0.3) is 0 Å². The van der Waals surface area contributed by atoms with Gasteiger partial charge in [-0.3, -0.25) is 4.79 Å². The van der Waals surface area contributed by atoms with Crippen molar-refractivity contribution < 1.29 is 9.18 Å². The van der Waals surface area contributed by atoms with Crippen LogP contribution in [0.4, 0.5) is 4.39 Å². The molecule has 0 spiro atoms. The molecule has 0 radical (unpaired) electrons. The van der Waals surface area contributed by atoms with Crippen LogP contribution in [-0.2, 0) is 6.42 Å². The summed E-state index contributed by atoms with van der Waals surface area (Å²) in [7, 11) is 0. The van der Waals surface area contributed by atoms with E-state index in [1.807, 2.05) is 12.1 Å². The minimum atomic E-state index is -0.410. The summed E-state index contributed by atoms with van der Waals surface area (Å²) in [5.41, 5.74) is 2.09.